The summed E-state index contributed by atoms with van der Waals surface area (Å²) in [4.78, 5) is 12.2. The van der Waals surface area contributed by atoms with Crippen LogP contribution in [0.1, 0.15) is 50.7 Å². The minimum absolute atomic E-state index is 0.109. The fraction of sp³-hybridized carbons (Fsp3) is 0.588. The molecule has 1 aromatic carbocycles. The molecule has 0 spiro atoms. The number of ether oxygens (including phenoxy) is 1. The van der Waals surface area contributed by atoms with Crippen LogP contribution in [0, 0.1) is 5.92 Å². The van der Waals surface area contributed by atoms with Crippen LogP contribution in [0.4, 0.5) is 0 Å². The van der Waals surface area contributed by atoms with Crippen LogP contribution in [-0.4, -0.2) is 24.2 Å². The van der Waals surface area contributed by atoms with Gasteiger partial charge < -0.3 is 15.2 Å². The second kappa shape index (κ2) is 7.46. The standard InChI is InChI=1S/C17H25NO3/c1-12(13-7-4-3-5-8-13)18-17(20)16(19)14-9-6-10-15(11-14)21-2/h6,9-13,16,19H,3-5,7-8H2,1-2H3,(H,18,20). The molecule has 21 heavy (non-hydrogen) atoms. The highest BCUT2D eigenvalue weighted by Crippen LogP contribution is 2.27. The van der Waals surface area contributed by atoms with Crippen molar-refractivity contribution in [3.8, 4) is 5.75 Å². The van der Waals surface area contributed by atoms with Gasteiger partial charge in [-0.25, -0.2) is 0 Å². The van der Waals surface area contributed by atoms with Gasteiger partial charge in [0.2, 0.25) is 0 Å². The number of aliphatic hydroxyl groups is 1. The number of amides is 1. The Hall–Kier alpha value is -1.55. The average Bonchev–Trinajstić information content (AvgIpc) is 2.54. The lowest BCUT2D eigenvalue weighted by molar-refractivity contribution is -0.130. The van der Waals surface area contributed by atoms with Gasteiger partial charge in [-0.3, -0.25) is 4.79 Å². The van der Waals surface area contributed by atoms with E-state index >= 15 is 0 Å². The predicted octanol–water partition coefficient (Wildman–Crippen LogP) is 2.81. The quantitative estimate of drug-likeness (QED) is 0.877. The van der Waals surface area contributed by atoms with Crippen LogP contribution in [-0.2, 0) is 4.79 Å². The molecule has 0 radical (unpaired) electrons. The van der Waals surface area contributed by atoms with Crippen molar-refractivity contribution in [3.63, 3.8) is 0 Å². The molecule has 2 atom stereocenters. The van der Waals surface area contributed by atoms with Gasteiger partial charge in [0.1, 0.15) is 5.75 Å². The molecule has 0 heterocycles. The van der Waals surface area contributed by atoms with E-state index in [4.69, 9.17) is 4.74 Å². The van der Waals surface area contributed by atoms with Crippen molar-refractivity contribution >= 4 is 5.91 Å². The van der Waals surface area contributed by atoms with Crippen LogP contribution >= 0.6 is 0 Å². The van der Waals surface area contributed by atoms with Crippen LogP contribution < -0.4 is 10.1 Å². The number of hydrogen-bond donors (Lipinski definition) is 2. The van der Waals surface area contributed by atoms with Gasteiger partial charge in [-0.2, -0.15) is 0 Å². The van der Waals surface area contributed by atoms with Crippen LogP contribution in [0.15, 0.2) is 24.3 Å². The van der Waals surface area contributed by atoms with E-state index in [2.05, 4.69) is 5.32 Å². The molecule has 116 valence electrons. The molecule has 0 aliphatic heterocycles. The molecular formula is C17H25NO3. The number of aliphatic hydroxyl groups excluding tert-OH is 1. The normalized spacial score (nSPS) is 18.8. The Balaban J connectivity index is 1.94. The molecule has 2 rings (SSSR count). The molecule has 1 aliphatic rings. The Kier molecular flexibility index (Phi) is 5.62. The lowest BCUT2D eigenvalue weighted by Crippen LogP contribution is -2.41. The molecule has 0 saturated heterocycles. The van der Waals surface area contributed by atoms with Gasteiger partial charge in [-0.15, -0.1) is 0 Å². The van der Waals surface area contributed by atoms with Crippen molar-refractivity contribution in [3.05, 3.63) is 29.8 Å². The van der Waals surface area contributed by atoms with Gasteiger partial charge in [0, 0.05) is 6.04 Å². The first kappa shape index (κ1) is 15.8. The van der Waals surface area contributed by atoms with Crippen molar-refractivity contribution in [2.24, 2.45) is 5.92 Å². The molecule has 1 fully saturated rings. The lowest BCUT2D eigenvalue weighted by atomic mass is 9.84. The molecule has 1 aromatic rings. The van der Waals surface area contributed by atoms with Crippen molar-refractivity contribution in [2.45, 2.75) is 51.2 Å². The fourth-order valence-corrected chi connectivity index (χ4v) is 3.02. The molecule has 0 aromatic heterocycles. The molecule has 0 bridgehead atoms. The Morgan fingerprint density at radius 3 is 2.71 bits per heavy atom. The van der Waals surface area contributed by atoms with Crippen molar-refractivity contribution in [2.75, 3.05) is 7.11 Å². The smallest absolute Gasteiger partial charge is 0.253 e. The van der Waals surface area contributed by atoms with E-state index in [0.29, 0.717) is 17.2 Å². The minimum atomic E-state index is -1.15. The number of rotatable bonds is 5. The van der Waals surface area contributed by atoms with Gasteiger partial charge in [-0.05, 0) is 43.4 Å². The molecule has 1 saturated carbocycles. The number of hydrogen-bond acceptors (Lipinski definition) is 3. The summed E-state index contributed by atoms with van der Waals surface area (Å²) in [5, 5.41) is 13.1. The Morgan fingerprint density at radius 2 is 2.05 bits per heavy atom. The number of nitrogens with one attached hydrogen (secondary N) is 1. The third-order valence-electron chi connectivity index (χ3n) is 4.38. The zero-order valence-corrected chi connectivity index (χ0v) is 12.8. The van der Waals surface area contributed by atoms with Crippen LogP contribution in [0.2, 0.25) is 0 Å². The maximum Gasteiger partial charge on any atom is 0.253 e. The highest BCUT2D eigenvalue weighted by molar-refractivity contribution is 5.82. The molecule has 1 amide bonds. The number of carbonyl (C=O) groups excluding carboxylic acids is 1. The van der Waals surface area contributed by atoms with Gasteiger partial charge in [0.05, 0.1) is 7.11 Å². The van der Waals surface area contributed by atoms with E-state index in [1.165, 1.54) is 19.3 Å². The number of carbonyl (C=O) groups is 1. The summed E-state index contributed by atoms with van der Waals surface area (Å²) >= 11 is 0. The van der Waals surface area contributed by atoms with Gasteiger partial charge in [0.25, 0.3) is 5.91 Å². The number of methoxy groups -OCH3 is 1. The van der Waals surface area contributed by atoms with E-state index < -0.39 is 6.10 Å². The highest BCUT2D eigenvalue weighted by atomic mass is 16.5. The summed E-state index contributed by atoms with van der Waals surface area (Å²) < 4.78 is 5.12. The Labute approximate surface area is 126 Å². The molecule has 4 nitrogen and oxygen atoms in total. The zero-order chi connectivity index (χ0) is 15.2. The molecule has 2 unspecified atom stereocenters. The summed E-state index contributed by atoms with van der Waals surface area (Å²) in [6, 6.07) is 7.10. The van der Waals surface area contributed by atoms with Crippen LogP contribution in [0.3, 0.4) is 0 Å². The van der Waals surface area contributed by atoms with E-state index in [9.17, 15) is 9.90 Å². The number of benzene rings is 1. The first-order valence-corrected chi connectivity index (χ1v) is 7.74. The van der Waals surface area contributed by atoms with Gasteiger partial charge >= 0.3 is 0 Å². The van der Waals surface area contributed by atoms with E-state index in [-0.39, 0.29) is 11.9 Å². The second-order valence-electron chi connectivity index (χ2n) is 5.87. The topological polar surface area (TPSA) is 58.6 Å². The Bertz CT molecular complexity index is 469. The second-order valence-corrected chi connectivity index (χ2v) is 5.87. The molecule has 1 aliphatic carbocycles. The van der Waals surface area contributed by atoms with E-state index in [1.54, 1.807) is 31.4 Å². The first-order valence-electron chi connectivity index (χ1n) is 7.74. The monoisotopic (exact) mass is 291 g/mol. The van der Waals surface area contributed by atoms with E-state index in [0.717, 1.165) is 12.8 Å². The maximum atomic E-state index is 12.2. The summed E-state index contributed by atoms with van der Waals surface area (Å²) in [6.45, 7) is 2.03. The zero-order valence-electron chi connectivity index (χ0n) is 12.8. The molecular weight excluding hydrogens is 266 g/mol. The van der Waals surface area contributed by atoms with Crippen LogP contribution in [0.5, 0.6) is 5.75 Å². The fourth-order valence-electron chi connectivity index (χ4n) is 3.02. The van der Waals surface area contributed by atoms with Crippen LogP contribution in [0.25, 0.3) is 0 Å². The largest absolute Gasteiger partial charge is 0.497 e. The maximum absolute atomic E-state index is 12.2. The Morgan fingerprint density at radius 1 is 1.33 bits per heavy atom. The summed E-state index contributed by atoms with van der Waals surface area (Å²) in [6.07, 6.45) is 4.95. The van der Waals surface area contributed by atoms with Crippen molar-refractivity contribution in [1.29, 1.82) is 0 Å². The molecule has 4 heteroatoms. The summed E-state index contributed by atoms with van der Waals surface area (Å²) in [5.74, 6) is 0.834. The highest BCUT2D eigenvalue weighted by Gasteiger charge is 2.25. The molecule has 2 N–H and O–H groups in total. The minimum Gasteiger partial charge on any atom is -0.497 e. The van der Waals surface area contributed by atoms with Crippen molar-refractivity contribution < 1.29 is 14.6 Å². The summed E-state index contributed by atoms with van der Waals surface area (Å²) in [5.41, 5.74) is 0.558. The first-order chi connectivity index (χ1) is 10.1. The lowest BCUT2D eigenvalue weighted by Gasteiger charge is -2.29. The summed E-state index contributed by atoms with van der Waals surface area (Å²) in [7, 11) is 1.57. The average molecular weight is 291 g/mol. The third-order valence-corrected chi connectivity index (χ3v) is 4.38. The third kappa shape index (κ3) is 4.21. The van der Waals surface area contributed by atoms with Gasteiger partial charge in [0.15, 0.2) is 6.10 Å². The van der Waals surface area contributed by atoms with Gasteiger partial charge in [-0.1, -0.05) is 31.4 Å². The SMILES string of the molecule is COc1cccc(C(O)C(=O)NC(C)C2CCCCC2)c1. The van der Waals surface area contributed by atoms with Crippen molar-refractivity contribution in [1.82, 2.24) is 5.32 Å². The predicted molar refractivity (Wildman–Crippen MR) is 82.1 cm³/mol. The van der Waals surface area contributed by atoms with E-state index in [1.807, 2.05) is 6.92 Å².